The fourth-order valence-corrected chi connectivity index (χ4v) is 1.86. The zero-order valence-corrected chi connectivity index (χ0v) is 12.2. The first-order valence-electron chi connectivity index (χ1n) is 6.94. The van der Waals surface area contributed by atoms with Gasteiger partial charge in [-0.2, -0.15) is 0 Å². The van der Waals surface area contributed by atoms with Gasteiger partial charge in [0.05, 0.1) is 7.11 Å². The van der Waals surface area contributed by atoms with Gasteiger partial charge in [-0.25, -0.2) is 4.79 Å². The van der Waals surface area contributed by atoms with Crippen LogP contribution in [-0.2, 0) is 6.42 Å². The Balaban J connectivity index is 2.20. The average molecular weight is 280 g/mol. The first kappa shape index (κ1) is 16.3. The van der Waals surface area contributed by atoms with Crippen molar-refractivity contribution in [3.05, 3.63) is 29.8 Å². The molecule has 5 heteroatoms. The first-order chi connectivity index (χ1) is 9.65. The van der Waals surface area contributed by atoms with Crippen molar-refractivity contribution in [3.63, 3.8) is 0 Å². The molecule has 0 radical (unpaired) electrons. The summed E-state index contributed by atoms with van der Waals surface area (Å²) in [6, 6.07) is 7.70. The third-order valence-electron chi connectivity index (χ3n) is 3.03. The summed E-state index contributed by atoms with van der Waals surface area (Å²) in [4.78, 5) is 11.6. The van der Waals surface area contributed by atoms with Gasteiger partial charge in [0.2, 0.25) is 0 Å². The summed E-state index contributed by atoms with van der Waals surface area (Å²) < 4.78 is 5.09. The third-order valence-corrected chi connectivity index (χ3v) is 3.03. The lowest BCUT2D eigenvalue weighted by Gasteiger charge is -2.14. The molecule has 0 bridgehead atoms. The van der Waals surface area contributed by atoms with E-state index in [1.807, 2.05) is 31.2 Å². The van der Waals surface area contributed by atoms with Crippen LogP contribution in [0.1, 0.15) is 25.3 Å². The lowest BCUT2D eigenvalue weighted by molar-refractivity contribution is 0.234. The maximum Gasteiger partial charge on any atom is 0.315 e. The zero-order valence-electron chi connectivity index (χ0n) is 12.2. The van der Waals surface area contributed by atoms with Gasteiger partial charge in [0.25, 0.3) is 0 Å². The van der Waals surface area contributed by atoms with Gasteiger partial charge < -0.3 is 20.5 Å². The minimum Gasteiger partial charge on any atom is -0.497 e. The van der Waals surface area contributed by atoms with Crippen molar-refractivity contribution in [3.8, 4) is 5.75 Å². The Bertz CT molecular complexity index is 393. The number of hydrogen-bond acceptors (Lipinski definition) is 3. The van der Waals surface area contributed by atoms with E-state index in [-0.39, 0.29) is 18.7 Å². The van der Waals surface area contributed by atoms with Crippen LogP contribution in [0.2, 0.25) is 0 Å². The summed E-state index contributed by atoms with van der Waals surface area (Å²) in [7, 11) is 1.64. The molecule has 3 N–H and O–H groups in total. The van der Waals surface area contributed by atoms with Crippen molar-refractivity contribution in [2.24, 2.45) is 0 Å². The van der Waals surface area contributed by atoms with Crippen molar-refractivity contribution < 1.29 is 14.6 Å². The van der Waals surface area contributed by atoms with E-state index >= 15 is 0 Å². The fraction of sp³-hybridized carbons (Fsp3) is 0.533. The van der Waals surface area contributed by atoms with Crippen molar-refractivity contribution in [1.29, 1.82) is 0 Å². The Kier molecular flexibility index (Phi) is 7.50. The summed E-state index contributed by atoms with van der Waals surface area (Å²) in [5.41, 5.74) is 1.15. The number of carbonyl (C=O) groups excluding carboxylic acids is 1. The number of aliphatic hydroxyl groups is 1. The van der Waals surface area contributed by atoms with Crippen LogP contribution in [-0.4, -0.2) is 37.4 Å². The second-order valence-electron chi connectivity index (χ2n) is 4.77. The topological polar surface area (TPSA) is 70.6 Å². The van der Waals surface area contributed by atoms with Crippen LogP contribution in [0.3, 0.4) is 0 Å². The second kappa shape index (κ2) is 9.20. The van der Waals surface area contributed by atoms with Gasteiger partial charge in [-0.15, -0.1) is 0 Å². The fourth-order valence-electron chi connectivity index (χ4n) is 1.86. The first-order valence-corrected chi connectivity index (χ1v) is 6.94. The Morgan fingerprint density at radius 2 is 2.05 bits per heavy atom. The summed E-state index contributed by atoms with van der Waals surface area (Å²) >= 11 is 0. The minimum absolute atomic E-state index is 0.0723. The van der Waals surface area contributed by atoms with E-state index in [2.05, 4.69) is 10.6 Å². The van der Waals surface area contributed by atoms with Crippen LogP contribution in [0.15, 0.2) is 24.3 Å². The number of carbonyl (C=O) groups is 1. The third kappa shape index (κ3) is 6.43. The van der Waals surface area contributed by atoms with Crippen molar-refractivity contribution >= 4 is 6.03 Å². The molecule has 0 saturated heterocycles. The molecule has 0 heterocycles. The van der Waals surface area contributed by atoms with Crippen molar-refractivity contribution in [2.75, 3.05) is 20.3 Å². The Hall–Kier alpha value is -1.75. The number of methoxy groups -OCH3 is 1. The second-order valence-corrected chi connectivity index (χ2v) is 4.77. The van der Waals surface area contributed by atoms with Crippen LogP contribution in [0.5, 0.6) is 5.75 Å². The summed E-state index contributed by atoms with van der Waals surface area (Å²) in [6.07, 6.45) is 2.26. The number of amides is 2. The SMILES string of the molecule is COc1ccc(CCNC(=O)NC(C)CCCO)cc1. The number of nitrogens with one attached hydrogen (secondary N) is 2. The predicted molar refractivity (Wildman–Crippen MR) is 79.0 cm³/mol. The Morgan fingerprint density at radius 1 is 1.35 bits per heavy atom. The molecule has 1 aromatic rings. The lowest BCUT2D eigenvalue weighted by atomic mass is 10.1. The highest BCUT2D eigenvalue weighted by Crippen LogP contribution is 2.11. The van der Waals surface area contributed by atoms with E-state index in [1.165, 1.54) is 0 Å². The Morgan fingerprint density at radius 3 is 2.65 bits per heavy atom. The highest BCUT2D eigenvalue weighted by molar-refractivity contribution is 5.74. The quantitative estimate of drug-likeness (QED) is 0.679. The molecule has 1 rings (SSSR count). The lowest BCUT2D eigenvalue weighted by Crippen LogP contribution is -2.41. The van der Waals surface area contributed by atoms with Gasteiger partial charge in [-0.05, 0) is 43.9 Å². The van der Waals surface area contributed by atoms with Crippen molar-refractivity contribution in [2.45, 2.75) is 32.2 Å². The van der Waals surface area contributed by atoms with E-state index in [0.717, 1.165) is 24.2 Å². The van der Waals surface area contributed by atoms with Crippen LogP contribution in [0, 0.1) is 0 Å². The van der Waals surface area contributed by atoms with E-state index < -0.39 is 0 Å². The largest absolute Gasteiger partial charge is 0.497 e. The number of urea groups is 1. The molecule has 1 aromatic carbocycles. The van der Waals surface area contributed by atoms with Gasteiger partial charge in [-0.3, -0.25) is 0 Å². The molecular formula is C15H24N2O3. The highest BCUT2D eigenvalue weighted by atomic mass is 16.5. The molecule has 0 aliphatic rings. The standard InChI is InChI=1S/C15H24N2O3/c1-12(4-3-11-18)17-15(19)16-10-9-13-5-7-14(20-2)8-6-13/h5-8,12,18H,3-4,9-11H2,1-2H3,(H2,16,17,19). The van der Waals surface area contributed by atoms with Gasteiger partial charge in [-0.1, -0.05) is 12.1 Å². The van der Waals surface area contributed by atoms with Crippen LogP contribution in [0.25, 0.3) is 0 Å². The molecule has 0 aromatic heterocycles. The molecule has 0 aliphatic heterocycles. The molecule has 1 atom stereocenters. The molecule has 0 spiro atoms. The molecule has 20 heavy (non-hydrogen) atoms. The minimum atomic E-state index is -0.163. The number of rotatable bonds is 8. The van der Waals surface area contributed by atoms with E-state index in [1.54, 1.807) is 7.11 Å². The van der Waals surface area contributed by atoms with Gasteiger partial charge in [0.1, 0.15) is 5.75 Å². The van der Waals surface area contributed by atoms with Gasteiger partial charge >= 0.3 is 6.03 Å². The molecule has 0 aliphatic carbocycles. The van der Waals surface area contributed by atoms with Crippen LogP contribution >= 0.6 is 0 Å². The Labute approximate surface area is 120 Å². The normalized spacial score (nSPS) is 11.8. The monoisotopic (exact) mass is 280 g/mol. The van der Waals surface area contributed by atoms with Gasteiger partial charge in [0, 0.05) is 19.2 Å². The number of aliphatic hydroxyl groups excluding tert-OH is 1. The van der Waals surface area contributed by atoms with E-state index in [9.17, 15) is 4.79 Å². The van der Waals surface area contributed by atoms with Crippen LogP contribution in [0.4, 0.5) is 4.79 Å². The van der Waals surface area contributed by atoms with E-state index in [0.29, 0.717) is 13.0 Å². The maximum absolute atomic E-state index is 11.6. The summed E-state index contributed by atoms with van der Waals surface area (Å²) in [5.74, 6) is 0.831. The molecule has 0 saturated carbocycles. The molecule has 112 valence electrons. The molecule has 5 nitrogen and oxygen atoms in total. The highest BCUT2D eigenvalue weighted by Gasteiger charge is 2.05. The number of ether oxygens (including phenoxy) is 1. The zero-order chi connectivity index (χ0) is 14.8. The average Bonchev–Trinajstić information content (AvgIpc) is 2.45. The summed E-state index contributed by atoms with van der Waals surface area (Å²) in [6.45, 7) is 2.68. The molecule has 1 unspecified atom stereocenters. The number of hydrogen-bond donors (Lipinski definition) is 3. The van der Waals surface area contributed by atoms with Gasteiger partial charge in [0.15, 0.2) is 0 Å². The van der Waals surface area contributed by atoms with Crippen molar-refractivity contribution in [1.82, 2.24) is 10.6 Å². The summed E-state index contributed by atoms with van der Waals surface area (Å²) in [5, 5.41) is 14.4. The smallest absolute Gasteiger partial charge is 0.315 e. The maximum atomic E-state index is 11.6. The molecular weight excluding hydrogens is 256 g/mol. The molecule has 0 fully saturated rings. The number of benzene rings is 1. The predicted octanol–water partition coefficient (Wildman–Crippen LogP) is 1.70. The van der Waals surface area contributed by atoms with Crippen LogP contribution < -0.4 is 15.4 Å². The van der Waals surface area contributed by atoms with E-state index in [4.69, 9.17) is 9.84 Å². The molecule has 2 amide bonds.